The van der Waals surface area contributed by atoms with Gasteiger partial charge in [-0.2, -0.15) is 0 Å². The Labute approximate surface area is 116 Å². The zero-order valence-corrected chi connectivity index (χ0v) is 12.6. The molecule has 0 unspecified atom stereocenters. The van der Waals surface area contributed by atoms with Gasteiger partial charge in [0.1, 0.15) is 0 Å². The molecule has 110 valence electrons. The molecule has 0 aromatic carbocycles. The third kappa shape index (κ3) is 4.40. The molecule has 0 saturated carbocycles. The van der Waals surface area contributed by atoms with Crippen molar-refractivity contribution in [3.63, 3.8) is 0 Å². The highest BCUT2D eigenvalue weighted by Crippen LogP contribution is 2.14. The molecule has 0 aromatic rings. The molecule has 5 heteroatoms. The van der Waals surface area contributed by atoms with Crippen LogP contribution < -0.4 is 5.32 Å². The number of urea groups is 1. The number of hydrogen-bond acceptors (Lipinski definition) is 2. The molecule has 0 aliphatic carbocycles. The highest BCUT2D eigenvalue weighted by Gasteiger charge is 2.27. The summed E-state index contributed by atoms with van der Waals surface area (Å²) in [6.45, 7) is 10.6. The summed E-state index contributed by atoms with van der Waals surface area (Å²) in [6.07, 6.45) is 1.78. The van der Waals surface area contributed by atoms with Crippen LogP contribution in [0.3, 0.4) is 0 Å². The van der Waals surface area contributed by atoms with E-state index >= 15 is 0 Å². The maximum Gasteiger partial charge on any atom is 0.317 e. The highest BCUT2D eigenvalue weighted by molar-refractivity contribution is 5.79. The van der Waals surface area contributed by atoms with E-state index in [1.807, 2.05) is 18.7 Å². The molecule has 5 nitrogen and oxygen atoms in total. The summed E-state index contributed by atoms with van der Waals surface area (Å²) < 4.78 is 0. The Morgan fingerprint density at radius 1 is 1.00 bits per heavy atom. The maximum atomic E-state index is 12.2. The summed E-state index contributed by atoms with van der Waals surface area (Å²) in [6, 6.07) is 0.126. The van der Waals surface area contributed by atoms with E-state index in [9.17, 15) is 9.59 Å². The van der Waals surface area contributed by atoms with E-state index in [0.29, 0.717) is 26.2 Å². The van der Waals surface area contributed by atoms with Crippen LogP contribution in [0, 0.1) is 5.92 Å². The number of nitrogens with one attached hydrogen (secondary N) is 1. The molecule has 19 heavy (non-hydrogen) atoms. The van der Waals surface area contributed by atoms with E-state index in [1.165, 1.54) is 0 Å². The predicted molar refractivity (Wildman–Crippen MR) is 75.9 cm³/mol. The first-order valence-corrected chi connectivity index (χ1v) is 7.33. The second-order valence-corrected chi connectivity index (χ2v) is 5.43. The summed E-state index contributed by atoms with van der Waals surface area (Å²) >= 11 is 0. The molecule has 1 N–H and O–H groups in total. The van der Waals surface area contributed by atoms with Crippen molar-refractivity contribution in [3.05, 3.63) is 0 Å². The van der Waals surface area contributed by atoms with Crippen molar-refractivity contribution in [2.45, 2.75) is 46.6 Å². The lowest BCUT2D eigenvalue weighted by molar-refractivity contribution is -0.137. The van der Waals surface area contributed by atoms with Gasteiger partial charge in [-0.3, -0.25) is 4.79 Å². The van der Waals surface area contributed by atoms with E-state index < -0.39 is 0 Å². The summed E-state index contributed by atoms with van der Waals surface area (Å²) in [5, 5.41) is 2.89. The van der Waals surface area contributed by atoms with Gasteiger partial charge in [-0.1, -0.05) is 13.8 Å². The van der Waals surface area contributed by atoms with E-state index in [2.05, 4.69) is 19.2 Å². The molecule has 1 saturated heterocycles. The van der Waals surface area contributed by atoms with Gasteiger partial charge in [0.2, 0.25) is 5.91 Å². The number of hydrogen-bond donors (Lipinski definition) is 1. The summed E-state index contributed by atoms with van der Waals surface area (Å²) in [7, 11) is 0. The van der Waals surface area contributed by atoms with Crippen LogP contribution in [0.15, 0.2) is 0 Å². The van der Waals surface area contributed by atoms with Crippen molar-refractivity contribution >= 4 is 11.9 Å². The SMILES string of the molecule is CCC(CC)C(=O)N1CCN(C(=O)NC(C)C)CC1. The van der Waals surface area contributed by atoms with Crippen LogP contribution in [-0.4, -0.2) is 54.0 Å². The topological polar surface area (TPSA) is 52.7 Å². The lowest BCUT2D eigenvalue weighted by Crippen LogP contribution is -2.54. The minimum absolute atomic E-state index is 0.0235. The molecule has 3 amide bonds. The summed E-state index contributed by atoms with van der Waals surface area (Å²) in [4.78, 5) is 27.8. The number of carbonyl (C=O) groups is 2. The first-order chi connectivity index (χ1) is 8.99. The third-order valence-electron chi connectivity index (χ3n) is 3.63. The average Bonchev–Trinajstić information content (AvgIpc) is 2.39. The second-order valence-electron chi connectivity index (χ2n) is 5.43. The maximum absolute atomic E-state index is 12.2. The minimum Gasteiger partial charge on any atom is -0.339 e. The predicted octanol–water partition coefficient (Wildman–Crippen LogP) is 1.68. The molecule has 1 fully saturated rings. The van der Waals surface area contributed by atoms with Gasteiger partial charge in [-0.05, 0) is 26.7 Å². The van der Waals surface area contributed by atoms with Crippen molar-refractivity contribution in [2.75, 3.05) is 26.2 Å². The fourth-order valence-corrected chi connectivity index (χ4v) is 2.36. The number of nitrogens with zero attached hydrogens (tertiary/aromatic N) is 2. The first-order valence-electron chi connectivity index (χ1n) is 7.33. The molecule has 1 heterocycles. The fraction of sp³-hybridized carbons (Fsp3) is 0.857. The van der Waals surface area contributed by atoms with Gasteiger partial charge in [0.05, 0.1) is 0 Å². The van der Waals surface area contributed by atoms with Crippen LogP contribution >= 0.6 is 0 Å². The van der Waals surface area contributed by atoms with Gasteiger partial charge in [0.25, 0.3) is 0 Å². The standard InChI is InChI=1S/C14H27N3O2/c1-5-12(6-2)13(18)16-7-9-17(10-8-16)14(19)15-11(3)4/h11-12H,5-10H2,1-4H3,(H,15,19). The van der Waals surface area contributed by atoms with E-state index in [1.54, 1.807) is 4.90 Å². The molecule has 0 aromatic heterocycles. The van der Waals surface area contributed by atoms with Gasteiger partial charge in [-0.15, -0.1) is 0 Å². The molecule has 0 radical (unpaired) electrons. The molecule has 0 atom stereocenters. The Hall–Kier alpha value is -1.26. The third-order valence-corrected chi connectivity index (χ3v) is 3.63. The van der Waals surface area contributed by atoms with E-state index in [-0.39, 0.29) is 23.9 Å². The largest absolute Gasteiger partial charge is 0.339 e. The van der Waals surface area contributed by atoms with Gasteiger partial charge < -0.3 is 15.1 Å². The Kier molecular flexibility index (Phi) is 6.12. The van der Waals surface area contributed by atoms with Crippen molar-refractivity contribution in [2.24, 2.45) is 5.92 Å². The van der Waals surface area contributed by atoms with E-state index in [4.69, 9.17) is 0 Å². The Morgan fingerprint density at radius 3 is 1.89 bits per heavy atom. The lowest BCUT2D eigenvalue weighted by Gasteiger charge is -2.36. The second kappa shape index (κ2) is 7.36. The van der Waals surface area contributed by atoms with Crippen LogP contribution in [0.4, 0.5) is 4.79 Å². The smallest absolute Gasteiger partial charge is 0.317 e. The molecule has 1 aliphatic rings. The van der Waals surface area contributed by atoms with Crippen LogP contribution in [0.25, 0.3) is 0 Å². The van der Waals surface area contributed by atoms with Crippen molar-refractivity contribution in [1.29, 1.82) is 0 Å². The zero-order chi connectivity index (χ0) is 14.4. The number of rotatable bonds is 4. The molecular formula is C14H27N3O2. The normalized spacial score (nSPS) is 16.1. The fourth-order valence-electron chi connectivity index (χ4n) is 2.36. The summed E-state index contributed by atoms with van der Waals surface area (Å²) in [5.74, 6) is 0.380. The molecule has 1 aliphatic heterocycles. The molecule has 0 spiro atoms. The number of piperazine rings is 1. The lowest BCUT2D eigenvalue weighted by atomic mass is 10.0. The molecular weight excluding hydrogens is 242 g/mol. The van der Waals surface area contributed by atoms with Crippen LogP contribution in [0.1, 0.15) is 40.5 Å². The highest BCUT2D eigenvalue weighted by atomic mass is 16.2. The van der Waals surface area contributed by atoms with Crippen LogP contribution in [0.2, 0.25) is 0 Å². The van der Waals surface area contributed by atoms with Crippen molar-refractivity contribution in [3.8, 4) is 0 Å². The van der Waals surface area contributed by atoms with Gasteiger partial charge in [0, 0.05) is 38.1 Å². The van der Waals surface area contributed by atoms with Crippen LogP contribution in [-0.2, 0) is 4.79 Å². The van der Waals surface area contributed by atoms with Gasteiger partial charge in [-0.25, -0.2) is 4.79 Å². The van der Waals surface area contributed by atoms with E-state index in [0.717, 1.165) is 12.8 Å². The van der Waals surface area contributed by atoms with Gasteiger partial charge >= 0.3 is 6.03 Å². The Bertz CT molecular complexity index is 306. The van der Waals surface area contributed by atoms with Crippen LogP contribution in [0.5, 0.6) is 0 Å². The quantitative estimate of drug-likeness (QED) is 0.844. The summed E-state index contributed by atoms with van der Waals surface area (Å²) in [5.41, 5.74) is 0. The van der Waals surface area contributed by atoms with Gasteiger partial charge in [0.15, 0.2) is 0 Å². The Balaban J connectivity index is 2.44. The van der Waals surface area contributed by atoms with Crippen molar-refractivity contribution in [1.82, 2.24) is 15.1 Å². The average molecular weight is 269 g/mol. The molecule has 1 rings (SSSR count). The first kappa shape index (κ1) is 15.8. The zero-order valence-electron chi connectivity index (χ0n) is 12.6. The number of carbonyl (C=O) groups excluding carboxylic acids is 2. The molecule has 0 bridgehead atoms. The monoisotopic (exact) mass is 269 g/mol. The number of amides is 3. The minimum atomic E-state index is -0.0235. The van der Waals surface area contributed by atoms with Crippen molar-refractivity contribution < 1.29 is 9.59 Å². The Morgan fingerprint density at radius 2 is 1.47 bits per heavy atom.